The maximum Gasteiger partial charge on any atom is 0.397 e. The van der Waals surface area contributed by atoms with Gasteiger partial charge in [0.15, 0.2) is 37.7 Å². The SMILES string of the molecule is CC(=O)N[C@@H]1[C@@H](O[C@@H]2O[C@H](CO)[C@H](O)[C@H](O[C@@H]3O[C@H](COS(=O)(=O)O)[C@@H](O[C@@H]4O[C@H](CO)[C@H](O)[C@H](OS(=O)(=O)O)[C@H]4O)[C@H](O)[C@H]3NC(C)=O)[C@H]2O)[C@@H](O)[C@@H](CO[C@@H]2O[C@H](CO)[C@@H](O[C@@H]3O[C@H](CO)[C@H](O)[C@H](O)[C@H]3O)[C@H](O)[C@H]2NC(C)=O)O[C@@H]1O. The quantitative estimate of drug-likeness (QED) is 0.0422. The van der Waals surface area contributed by atoms with Gasteiger partial charge in [0.25, 0.3) is 0 Å². The van der Waals surface area contributed by atoms with Gasteiger partial charge in [0.05, 0.1) is 39.6 Å². The fourth-order valence-corrected chi connectivity index (χ4v) is 10.8. The maximum absolute atomic E-state index is 12.7. The van der Waals surface area contributed by atoms with Gasteiger partial charge < -0.3 is 145 Å². The second-order valence-corrected chi connectivity index (χ2v) is 22.2. The molecule has 0 aromatic rings. The van der Waals surface area contributed by atoms with Gasteiger partial charge in [-0.25, -0.2) is 8.37 Å². The standard InChI is InChI=1S/C42H71N3O37S2/c1-10(50)43-19-26(57)32(78-40-29(60)28(59)22(53)13(4-46)73-40)16(7-49)76-38(19)70-8-17-25(56)34(21(37(63)72-17)45-12(3)52)80-41-30(61)35(23(54)14(5-47)74-41)81-39-20(44-11(2)51)27(58)33(18(77-39)9-71-83(64,65)66)79-42-31(62)36(82-84(67,68)69)24(55)15(6-48)75-42/h13-42,46-49,53-63H,4-9H2,1-3H3,(H,43,50)(H,44,51)(H,45,52)(H,64,65,66)(H,67,68,69)/t13-,14-,15-,16-,17-,18-,19-,20-,21-,22+,23+,24+,25+,26-,27-,28+,29-,30-,31-,32-,33-,34-,35+,36+,37+,38-,39+,40+,41+,42+/m1/s1. The number of hydrogen-bond donors (Lipinski definition) is 20. The van der Waals surface area contributed by atoms with E-state index in [1.165, 1.54) is 0 Å². The van der Waals surface area contributed by atoms with Crippen LogP contribution in [0.2, 0.25) is 0 Å². The molecule has 40 nitrogen and oxygen atoms in total. The van der Waals surface area contributed by atoms with E-state index in [4.69, 9.17) is 52.1 Å². The minimum Gasteiger partial charge on any atom is -0.394 e. The predicted octanol–water partition coefficient (Wildman–Crippen LogP) is -14.0. The molecule has 0 spiro atoms. The molecule has 0 aromatic carbocycles. The largest absolute Gasteiger partial charge is 0.397 e. The van der Waals surface area contributed by atoms with Crippen molar-refractivity contribution in [2.45, 2.75) is 205 Å². The molecule has 0 bridgehead atoms. The molecule has 488 valence electrons. The van der Waals surface area contributed by atoms with Crippen LogP contribution in [0.4, 0.5) is 0 Å². The first kappa shape index (κ1) is 70.2. The summed E-state index contributed by atoms with van der Waals surface area (Å²) in [6.45, 7) is -3.61. The summed E-state index contributed by atoms with van der Waals surface area (Å²) in [6, 6.07) is -5.52. The van der Waals surface area contributed by atoms with Crippen molar-refractivity contribution in [3.8, 4) is 0 Å². The molecular formula is C42H71N3O37S2. The first-order valence-corrected chi connectivity index (χ1v) is 28.1. The van der Waals surface area contributed by atoms with E-state index in [9.17, 15) is 117 Å². The lowest BCUT2D eigenvalue weighted by molar-refractivity contribution is -0.376. The normalized spacial score (nSPS) is 45.1. The van der Waals surface area contributed by atoms with E-state index in [1.807, 2.05) is 0 Å². The zero-order chi connectivity index (χ0) is 62.6. The number of carbonyl (C=O) groups is 3. The Bertz CT molecular complexity index is 2390. The third-order valence-electron chi connectivity index (χ3n) is 14.0. The van der Waals surface area contributed by atoms with E-state index in [-0.39, 0.29) is 0 Å². The number of carbonyl (C=O) groups excluding carboxylic acids is 3. The Balaban J connectivity index is 1.24. The molecule has 6 heterocycles. The highest BCUT2D eigenvalue weighted by atomic mass is 32.3. The van der Waals surface area contributed by atoms with Gasteiger partial charge in [-0.2, -0.15) is 16.8 Å². The Morgan fingerprint density at radius 1 is 0.381 bits per heavy atom. The molecule has 0 aliphatic carbocycles. The van der Waals surface area contributed by atoms with Crippen LogP contribution in [0.15, 0.2) is 0 Å². The van der Waals surface area contributed by atoms with Gasteiger partial charge in [0, 0.05) is 20.8 Å². The number of rotatable bonds is 23. The number of aliphatic hydroxyl groups is 15. The van der Waals surface area contributed by atoms with Crippen LogP contribution in [0.5, 0.6) is 0 Å². The van der Waals surface area contributed by atoms with Crippen LogP contribution in [0, 0.1) is 0 Å². The van der Waals surface area contributed by atoms with Crippen molar-refractivity contribution in [1.82, 2.24) is 16.0 Å². The highest BCUT2D eigenvalue weighted by Gasteiger charge is 2.58. The zero-order valence-corrected chi connectivity index (χ0v) is 45.8. The molecule has 0 saturated carbocycles. The molecule has 84 heavy (non-hydrogen) atoms. The average molecular weight is 1270 g/mol. The van der Waals surface area contributed by atoms with Crippen LogP contribution >= 0.6 is 0 Å². The molecule has 0 aromatic heterocycles. The Kier molecular flexibility index (Phi) is 24.8. The van der Waals surface area contributed by atoms with E-state index in [0.29, 0.717) is 0 Å². The Labute approximate surface area is 475 Å². The fourth-order valence-electron chi connectivity index (χ4n) is 10.0. The molecule has 6 saturated heterocycles. The lowest BCUT2D eigenvalue weighted by Gasteiger charge is -2.50. The van der Waals surface area contributed by atoms with E-state index < -0.39 is 262 Å². The summed E-state index contributed by atoms with van der Waals surface area (Å²) < 4.78 is 137. The van der Waals surface area contributed by atoms with Crippen molar-refractivity contribution < 1.29 is 177 Å². The molecule has 42 heteroatoms. The van der Waals surface area contributed by atoms with Crippen molar-refractivity contribution in [2.24, 2.45) is 0 Å². The van der Waals surface area contributed by atoms with Crippen LogP contribution in [0.25, 0.3) is 0 Å². The molecular weight excluding hydrogens is 1200 g/mol. The molecule has 20 N–H and O–H groups in total. The monoisotopic (exact) mass is 1270 g/mol. The van der Waals surface area contributed by atoms with Gasteiger partial charge in [-0.3, -0.25) is 23.5 Å². The molecule has 30 atom stereocenters. The maximum atomic E-state index is 12.7. The summed E-state index contributed by atoms with van der Waals surface area (Å²) in [5.41, 5.74) is 0. The van der Waals surface area contributed by atoms with Gasteiger partial charge in [-0.05, 0) is 0 Å². The van der Waals surface area contributed by atoms with E-state index in [0.717, 1.165) is 20.8 Å². The van der Waals surface area contributed by atoms with E-state index >= 15 is 0 Å². The van der Waals surface area contributed by atoms with Gasteiger partial charge in [0.1, 0.15) is 146 Å². The van der Waals surface area contributed by atoms with Crippen LogP contribution in [-0.4, -0.2) is 344 Å². The Morgan fingerprint density at radius 3 is 1.26 bits per heavy atom. The second kappa shape index (κ2) is 29.6. The molecule has 6 aliphatic heterocycles. The van der Waals surface area contributed by atoms with Crippen LogP contribution < -0.4 is 16.0 Å². The lowest BCUT2D eigenvalue weighted by Crippen LogP contribution is -2.70. The van der Waals surface area contributed by atoms with Crippen molar-refractivity contribution >= 4 is 38.5 Å². The van der Waals surface area contributed by atoms with E-state index in [2.05, 4.69) is 24.3 Å². The molecule has 0 unspecified atom stereocenters. The van der Waals surface area contributed by atoms with Gasteiger partial charge in [-0.1, -0.05) is 0 Å². The van der Waals surface area contributed by atoms with Crippen molar-refractivity contribution in [1.29, 1.82) is 0 Å². The van der Waals surface area contributed by atoms with Crippen molar-refractivity contribution in [3.05, 3.63) is 0 Å². The van der Waals surface area contributed by atoms with Gasteiger partial charge >= 0.3 is 20.8 Å². The number of aliphatic hydroxyl groups excluding tert-OH is 15. The fraction of sp³-hybridized carbons (Fsp3) is 0.929. The summed E-state index contributed by atoms with van der Waals surface area (Å²) in [4.78, 5) is 37.6. The summed E-state index contributed by atoms with van der Waals surface area (Å²) >= 11 is 0. The minimum atomic E-state index is -5.48. The Morgan fingerprint density at radius 2 is 0.774 bits per heavy atom. The molecule has 6 aliphatic rings. The minimum absolute atomic E-state index is 0.820. The third-order valence-corrected chi connectivity index (χ3v) is 14.9. The number of nitrogens with one attached hydrogen (secondary N) is 3. The summed E-state index contributed by atoms with van der Waals surface area (Å²) in [5, 5.41) is 170. The van der Waals surface area contributed by atoms with E-state index in [1.54, 1.807) is 0 Å². The molecule has 6 rings (SSSR count). The van der Waals surface area contributed by atoms with Crippen LogP contribution in [0.3, 0.4) is 0 Å². The number of amides is 3. The number of ether oxygens (including phenoxy) is 11. The summed E-state index contributed by atoms with van der Waals surface area (Å²) in [5.74, 6) is -2.71. The Hall–Kier alpha value is -2.89. The number of hydrogen-bond acceptors (Lipinski definition) is 35. The summed E-state index contributed by atoms with van der Waals surface area (Å²) in [6.07, 6.45) is -55.6. The van der Waals surface area contributed by atoms with Gasteiger partial charge in [0.2, 0.25) is 17.7 Å². The smallest absolute Gasteiger partial charge is 0.394 e. The topological polar surface area (TPSA) is 619 Å². The van der Waals surface area contributed by atoms with Crippen molar-refractivity contribution in [3.63, 3.8) is 0 Å². The third kappa shape index (κ3) is 16.9. The lowest BCUT2D eigenvalue weighted by atomic mass is 9.94. The first-order valence-electron chi connectivity index (χ1n) is 25.4. The first-order chi connectivity index (χ1) is 39.2. The average Bonchev–Trinajstić information content (AvgIpc) is 2.75. The van der Waals surface area contributed by atoms with Crippen molar-refractivity contribution in [2.75, 3.05) is 39.6 Å². The summed E-state index contributed by atoms with van der Waals surface area (Å²) in [7, 11) is -10.9. The van der Waals surface area contributed by atoms with Crippen LogP contribution in [-0.2, 0) is 95.7 Å². The van der Waals surface area contributed by atoms with Crippen LogP contribution in [0.1, 0.15) is 20.8 Å². The highest BCUT2D eigenvalue weighted by Crippen LogP contribution is 2.37. The predicted molar refractivity (Wildman–Crippen MR) is 255 cm³/mol. The molecule has 0 radical (unpaired) electrons. The second-order valence-electron chi connectivity index (χ2n) is 20.0. The van der Waals surface area contributed by atoms with Gasteiger partial charge in [-0.15, -0.1) is 0 Å². The molecule has 6 fully saturated rings. The highest BCUT2D eigenvalue weighted by molar-refractivity contribution is 7.81. The molecule has 3 amide bonds. The zero-order valence-electron chi connectivity index (χ0n) is 44.1.